The first-order chi connectivity index (χ1) is 8.03. The zero-order chi connectivity index (χ0) is 12.5. The second-order valence-corrected chi connectivity index (χ2v) is 4.72. The van der Waals surface area contributed by atoms with E-state index in [9.17, 15) is 14.3 Å². The van der Waals surface area contributed by atoms with E-state index in [4.69, 9.17) is 16.3 Å². The number of hydrogen-bond donors (Lipinski definition) is 1. The van der Waals surface area contributed by atoms with Crippen molar-refractivity contribution < 1.29 is 19.0 Å². The highest BCUT2D eigenvalue weighted by Crippen LogP contribution is 2.33. The van der Waals surface area contributed by atoms with Crippen LogP contribution in [0.5, 0.6) is 0 Å². The molecule has 0 aliphatic carbocycles. The molecule has 1 heterocycles. The SMILES string of the molecule is O=C(O)C1(Cc2ccc(Cl)c(F)c2)CCOC1. The fourth-order valence-corrected chi connectivity index (χ4v) is 2.15. The van der Waals surface area contributed by atoms with Crippen LogP contribution in [0.4, 0.5) is 4.39 Å². The molecule has 1 unspecified atom stereocenters. The number of ether oxygens (including phenoxy) is 1. The maximum Gasteiger partial charge on any atom is 0.312 e. The molecule has 92 valence electrons. The monoisotopic (exact) mass is 258 g/mol. The number of hydrogen-bond acceptors (Lipinski definition) is 2. The van der Waals surface area contributed by atoms with Gasteiger partial charge in [0.2, 0.25) is 0 Å². The molecule has 1 aromatic carbocycles. The molecule has 1 aliphatic heterocycles. The van der Waals surface area contributed by atoms with E-state index in [-0.39, 0.29) is 18.1 Å². The molecule has 3 nitrogen and oxygen atoms in total. The van der Waals surface area contributed by atoms with Gasteiger partial charge in [0.15, 0.2) is 0 Å². The summed E-state index contributed by atoms with van der Waals surface area (Å²) in [4.78, 5) is 11.3. The minimum atomic E-state index is -0.930. The summed E-state index contributed by atoms with van der Waals surface area (Å²) in [5.41, 5.74) is -0.305. The Labute approximate surface area is 103 Å². The third kappa shape index (κ3) is 2.42. The Morgan fingerprint density at radius 2 is 2.35 bits per heavy atom. The van der Waals surface area contributed by atoms with Crippen molar-refractivity contribution in [2.45, 2.75) is 12.8 Å². The summed E-state index contributed by atoms with van der Waals surface area (Å²) >= 11 is 5.58. The Morgan fingerprint density at radius 3 is 2.88 bits per heavy atom. The highest BCUT2D eigenvalue weighted by molar-refractivity contribution is 6.30. The van der Waals surface area contributed by atoms with Gasteiger partial charge < -0.3 is 9.84 Å². The van der Waals surface area contributed by atoms with Gasteiger partial charge in [-0.3, -0.25) is 4.79 Å². The molecule has 1 aliphatic rings. The third-order valence-corrected chi connectivity index (χ3v) is 3.39. The second kappa shape index (κ2) is 4.63. The van der Waals surface area contributed by atoms with Crippen LogP contribution in [0.25, 0.3) is 0 Å². The van der Waals surface area contributed by atoms with Gasteiger partial charge in [-0.1, -0.05) is 17.7 Å². The van der Waals surface area contributed by atoms with E-state index in [0.29, 0.717) is 18.6 Å². The van der Waals surface area contributed by atoms with Crippen LogP contribution in [-0.2, 0) is 16.0 Å². The molecular formula is C12H12ClFO3. The maximum atomic E-state index is 13.3. The Kier molecular flexibility index (Phi) is 3.35. The van der Waals surface area contributed by atoms with Crippen molar-refractivity contribution in [3.8, 4) is 0 Å². The van der Waals surface area contributed by atoms with E-state index in [2.05, 4.69) is 0 Å². The summed E-state index contributed by atoms with van der Waals surface area (Å²) in [6.07, 6.45) is 0.711. The molecule has 0 amide bonds. The minimum Gasteiger partial charge on any atom is -0.481 e. The van der Waals surface area contributed by atoms with Crippen LogP contribution >= 0.6 is 11.6 Å². The van der Waals surface area contributed by atoms with Crippen LogP contribution in [0.1, 0.15) is 12.0 Å². The molecule has 1 atom stereocenters. The first-order valence-electron chi connectivity index (χ1n) is 5.29. The summed E-state index contributed by atoms with van der Waals surface area (Å²) in [7, 11) is 0. The van der Waals surface area contributed by atoms with Crippen molar-refractivity contribution in [1.29, 1.82) is 0 Å². The fraction of sp³-hybridized carbons (Fsp3) is 0.417. The minimum absolute atomic E-state index is 0.0424. The average molecular weight is 259 g/mol. The first kappa shape index (κ1) is 12.3. The summed E-state index contributed by atoms with van der Waals surface area (Å²) in [6, 6.07) is 4.37. The van der Waals surface area contributed by atoms with Crippen LogP contribution in [0, 0.1) is 11.2 Å². The predicted octanol–water partition coefficient (Wildman–Crippen LogP) is 2.51. The molecule has 0 radical (unpaired) electrons. The van der Waals surface area contributed by atoms with Crippen LogP contribution in [-0.4, -0.2) is 24.3 Å². The molecule has 0 spiro atoms. The van der Waals surface area contributed by atoms with Gasteiger partial charge in [0.25, 0.3) is 0 Å². The summed E-state index contributed by atoms with van der Waals surface area (Å²) < 4.78 is 18.4. The van der Waals surface area contributed by atoms with Gasteiger partial charge in [0.1, 0.15) is 5.82 Å². The average Bonchev–Trinajstić information content (AvgIpc) is 2.73. The molecule has 0 aromatic heterocycles. The standard InChI is InChI=1S/C12H12ClFO3/c13-9-2-1-8(5-10(9)14)6-12(11(15)16)3-4-17-7-12/h1-2,5H,3-4,6-7H2,(H,15,16). The molecule has 2 rings (SSSR count). The number of carbonyl (C=O) groups is 1. The van der Waals surface area contributed by atoms with Gasteiger partial charge in [-0.15, -0.1) is 0 Å². The van der Waals surface area contributed by atoms with Crippen molar-refractivity contribution in [1.82, 2.24) is 0 Å². The third-order valence-electron chi connectivity index (χ3n) is 3.08. The number of benzene rings is 1. The van der Waals surface area contributed by atoms with Gasteiger partial charge in [-0.25, -0.2) is 4.39 Å². The van der Waals surface area contributed by atoms with Crippen LogP contribution in [0.3, 0.4) is 0 Å². The lowest BCUT2D eigenvalue weighted by Gasteiger charge is -2.22. The van der Waals surface area contributed by atoms with Gasteiger partial charge in [-0.05, 0) is 30.5 Å². The van der Waals surface area contributed by atoms with E-state index in [1.165, 1.54) is 12.1 Å². The summed E-state index contributed by atoms with van der Waals surface area (Å²) in [5, 5.41) is 9.29. The lowest BCUT2D eigenvalue weighted by atomic mass is 9.81. The zero-order valence-corrected chi connectivity index (χ0v) is 9.84. The Bertz CT molecular complexity index is 441. The van der Waals surface area contributed by atoms with E-state index in [0.717, 1.165) is 0 Å². The summed E-state index contributed by atoms with van der Waals surface area (Å²) in [6.45, 7) is 0.606. The molecule has 5 heteroatoms. The molecule has 0 bridgehead atoms. The number of halogens is 2. The highest BCUT2D eigenvalue weighted by Gasteiger charge is 2.42. The van der Waals surface area contributed by atoms with Crippen LogP contribution in [0.2, 0.25) is 5.02 Å². The van der Waals surface area contributed by atoms with E-state index < -0.39 is 17.2 Å². The largest absolute Gasteiger partial charge is 0.481 e. The highest BCUT2D eigenvalue weighted by atomic mass is 35.5. The molecule has 1 aromatic rings. The van der Waals surface area contributed by atoms with Gasteiger partial charge in [-0.2, -0.15) is 0 Å². The fourth-order valence-electron chi connectivity index (χ4n) is 2.03. The van der Waals surface area contributed by atoms with Crippen molar-refractivity contribution in [2.24, 2.45) is 5.41 Å². The zero-order valence-electron chi connectivity index (χ0n) is 9.08. The molecular weight excluding hydrogens is 247 g/mol. The van der Waals surface area contributed by atoms with Crippen molar-refractivity contribution in [2.75, 3.05) is 13.2 Å². The topological polar surface area (TPSA) is 46.5 Å². The Hall–Kier alpha value is -1.13. The molecule has 0 saturated carbocycles. The normalized spacial score (nSPS) is 23.9. The molecule has 1 N–H and O–H groups in total. The van der Waals surface area contributed by atoms with Crippen molar-refractivity contribution in [3.63, 3.8) is 0 Å². The Balaban J connectivity index is 2.23. The summed E-state index contributed by atoms with van der Waals surface area (Å²) in [5.74, 6) is -1.42. The number of aliphatic carboxylic acids is 1. The van der Waals surface area contributed by atoms with E-state index in [1.54, 1.807) is 6.07 Å². The van der Waals surface area contributed by atoms with Crippen LogP contribution in [0.15, 0.2) is 18.2 Å². The number of carboxylic acids is 1. The smallest absolute Gasteiger partial charge is 0.312 e. The van der Waals surface area contributed by atoms with Gasteiger partial charge in [0.05, 0.1) is 17.0 Å². The van der Waals surface area contributed by atoms with Gasteiger partial charge in [0, 0.05) is 6.61 Å². The van der Waals surface area contributed by atoms with Crippen LogP contribution < -0.4 is 0 Å². The number of carboxylic acid groups (broad SMARTS) is 1. The molecule has 1 fully saturated rings. The quantitative estimate of drug-likeness (QED) is 0.906. The number of rotatable bonds is 3. The van der Waals surface area contributed by atoms with Gasteiger partial charge >= 0.3 is 5.97 Å². The molecule has 1 saturated heterocycles. The van der Waals surface area contributed by atoms with E-state index >= 15 is 0 Å². The van der Waals surface area contributed by atoms with Crippen molar-refractivity contribution in [3.05, 3.63) is 34.6 Å². The molecule has 17 heavy (non-hydrogen) atoms. The van der Waals surface area contributed by atoms with Crippen molar-refractivity contribution >= 4 is 17.6 Å². The lowest BCUT2D eigenvalue weighted by molar-refractivity contribution is -0.148. The maximum absolute atomic E-state index is 13.3. The lowest BCUT2D eigenvalue weighted by Crippen LogP contribution is -2.33. The second-order valence-electron chi connectivity index (χ2n) is 4.31. The Morgan fingerprint density at radius 1 is 1.59 bits per heavy atom. The predicted molar refractivity (Wildman–Crippen MR) is 60.6 cm³/mol. The first-order valence-corrected chi connectivity index (χ1v) is 5.66. The van der Waals surface area contributed by atoms with E-state index in [1.807, 2.05) is 0 Å².